The third kappa shape index (κ3) is 3.20. The molecular weight excluding hydrogens is 320 g/mol. The van der Waals surface area contributed by atoms with Gasteiger partial charge in [0.2, 0.25) is 0 Å². The van der Waals surface area contributed by atoms with Crippen molar-refractivity contribution in [3.8, 4) is 11.5 Å². The van der Waals surface area contributed by atoms with E-state index in [2.05, 4.69) is 15.9 Å². The van der Waals surface area contributed by atoms with Crippen molar-refractivity contribution < 1.29 is 14.3 Å². The van der Waals surface area contributed by atoms with E-state index in [1.165, 1.54) is 0 Å². The number of benzene rings is 2. The molecule has 3 nitrogen and oxygen atoms in total. The Morgan fingerprint density at radius 2 is 1.85 bits per heavy atom. The van der Waals surface area contributed by atoms with Crippen molar-refractivity contribution in [1.82, 2.24) is 0 Å². The molecule has 0 aliphatic carbocycles. The maximum absolute atomic E-state index is 12.6. The Balaban J connectivity index is 2.38. The lowest BCUT2D eigenvalue weighted by molar-refractivity contribution is 0.103. The van der Waals surface area contributed by atoms with Crippen molar-refractivity contribution in [1.29, 1.82) is 0 Å². The van der Waals surface area contributed by atoms with E-state index < -0.39 is 0 Å². The predicted molar refractivity (Wildman–Crippen MR) is 81.7 cm³/mol. The van der Waals surface area contributed by atoms with Gasteiger partial charge in [0.25, 0.3) is 0 Å². The fraction of sp³-hybridized carbons (Fsp3) is 0.188. The maximum Gasteiger partial charge on any atom is 0.196 e. The van der Waals surface area contributed by atoms with Crippen LogP contribution in [0.25, 0.3) is 0 Å². The van der Waals surface area contributed by atoms with Crippen LogP contribution in [0.5, 0.6) is 11.5 Å². The second-order valence-electron chi connectivity index (χ2n) is 4.13. The molecule has 0 saturated carbocycles. The molecule has 0 aliphatic heterocycles. The third-order valence-electron chi connectivity index (χ3n) is 2.84. The second kappa shape index (κ2) is 6.57. The van der Waals surface area contributed by atoms with Crippen LogP contribution in [-0.2, 0) is 0 Å². The number of methoxy groups -OCH3 is 1. The van der Waals surface area contributed by atoms with Crippen molar-refractivity contribution in [2.75, 3.05) is 13.7 Å². The number of carbonyl (C=O) groups is 1. The van der Waals surface area contributed by atoms with Gasteiger partial charge in [0.1, 0.15) is 11.5 Å². The van der Waals surface area contributed by atoms with Crippen molar-refractivity contribution in [3.05, 3.63) is 58.1 Å². The summed E-state index contributed by atoms with van der Waals surface area (Å²) in [5, 5.41) is 0. The Morgan fingerprint density at radius 3 is 2.45 bits per heavy atom. The van der Waals surface area contributed by atoms with E-state index in [0.29, 0.717) is 23.5 Å². The van der Waals surface area contributed by atoms with E-state index in [1.807, 2.05) is 13.0 Å². The van der Waals surface area contributed by atoms with Gasteiger partial charge in [0.05, 0.1) is 19.3 Å². The van der Waals surface area contributed by atoms with E-state index in [0.717, 1.165) is 10.2 Å². The normalized spacial score (nSPS) is 10.2. The van der Waals surface area contributed by atoms with Gasteiger partial charge in [-0.2, -0.15) is 0 Å². The van der Waals surface area contributed by atoms with Gasteiger partial charge in [-0.3, -0.25) is 4.79 Å². The molecule has 20 heavy (non-hydrogen) atoms. The van der Waals surface area contributed by atoms with Crippen molar-refractivity contribution in [2.45, 2.75) is 6.92 Å². The lowest BCUT2D eigenvalue weighted by Crippen LogP contribution is -2.05. The minimum atomic E-state index is -0.0718. The summed E-state index contributed by atoms with van der Waals surface area (Å²) in [7, 11) is 1.60. The Hall–Kier alpha value is -1.81. The molecule has 0 amide bonds. The first kappa shape index (κ1) is 14.6. The number of ether oxygens (including phenoxy) is 2. The molecule has 0 aromatic heterocycles. The Labute approximate surface area is 126 Å². The molecule has 2 aromatic carbocycles. The summed E-state index contributed by atoms with van der Waals surface area (Å²) in [6.45, 7) is 2.41. The molecule has 0 unspecified atom stereocenters. The maximum atomic E-state index is 12.6. The number of rotatable bonds is 5. The van der Waals surface area contributed by atoms with Crippen molar-refractivity contribution >= 4 is 21.7 Å². The summed E-state index contributed by atoms with van der Waals surface area (Å²) in [4.78, 5) is 12.6. The van der Waals surface area contributed by atoms with Crippen LogP contribution in [0.4, 0.5) is 0 Å². The fourth-order valence-corrected chi connectivity index (χ4v) is 2.22. The molecule has 0 atom stereocenters. The highest BCUT2D eigenvalue weighted by Gasteiger charge is 2.15. The lowest BCUT2D eigenvalue weighted by Gasteiger charge is -2.10. The molecule has 104 valence electrons. The number of hydrogen-bond acceptors (Lipinski definition) is 3. The molecule has 0 bridgehead atoms. The highest BCUT2D eigenvalue weighted by molar-refractivity contribution is 9.10. The second-order valence-corrected chi connectivity index (χ2v) is 5.05. The lowest BCUT2D eigenvalue weighted by atomic mass is 10.0. The smallest absolute Gasteiger partial charge is 0.196 e. The summed E-state index contributed by atoms with van der Waals surface area (Å²) in [5.74, 6) is 1.25. The van der Waals surface area contributed by atoms with Crippen LogP contribution in [0, 0.1) is 0 Å². The molecule has 2 rings (SSSR count). The topological polar surface area (TPSA) is 35.5 Å². The minimum absolute atomic E-state index is 0.0718. The Kier molecular flexibility index (Phi) is 4.79. The Morgan fingerprint density at radius 1 is 1.15 bits per heavy atom. The van der Waals surface area contributed by atoms with Gasteiger partial charge >= 0.3 is 0 Å². The quantitative estimate of drug-likeness (QED) is 0.772. The van der Waals surface area contributed by atoms with Gasteiger partial charge < -0.3 is 9.47 Å². The number of halogens is 1. The third-order valence-corrected chi connectivity index (χ3v) is 3.33. The van der Waals surface area contributed by atoms with Gasteiger partial charge in [-0.15, -0.1) is 0 Å². The van der Waals surface area contributed by atoms with Crippen molar-refractivity contribution in [2.24, 2.45) is 0 Å². The molecule has 0 fully saturated rings. The highest BCUT2D eigenvalue weighted by Crippen LogP contribution is 2.26. The number of hydrogen-bond donors (Lipinski definition) is 0. The summed E-state index contributed by atoms with van der Waals surface area (Å²) in [6.07, 6.45) is 0. The van der Waals surface area contributed by atoms with Crippen LogP contribution < -0.4 is 9.47 Å². The molecule has 2 aromatic rings. The zero-order valence-electron chi connectivity index (χ0n) is 11.4. The molecular formula is C16H15BrO3. The summed E-state index contributed by atoms with van der Waals surface area (Å²) in [6, 6.07) is 12.5. The summed E-state index contributed by atoms with van der Waals surface area (Å²) >= 11 is 3.38. The van der Waals surface area contributed by atoms with E-state index in [1.54, 1.807) is 43.5 Å². The SMILES string of the molecule is CCOc1ccc(Br)cc1C(=O)c1ccc(OC)cc1. The van der Waals surface area contributed by atoms with Crippen LogP contribution >= 0.6 is 15.9 Å². The summed E-state index contributed by atoms with van der Waals surface area (Å²) < 4.78 is 11.5. The molecule has 0 spiro atoms. The van der Waals surface area contributed by atoms with E-state index in [-0.39, 0.29) is 5.78 Å². The zero-order valence-corrected chi connectivity index (χ0v) is 12.9. The molecule has 0 saturated heterocycles. The monoisotopic (exact) mass is 334 g/mol. The molecule has 0 N–H and O–H groups in total. The first-order valence-electron chi connectivity index (χ1n) is 6.26. The molecule has 4 heteroatoms. The highest BCUT2D eigenvalue weighted by atomic mass is 79.9. The van der Waals surface area contributed by atoms with Gasteiger partial charge in [-0.25, -0.2) is 0 Å². The van der Waals surface area contributed by atoms with Crippen LogP contribution in [-0.4, -0.2) is 19.5 Å². The number of ketones is 1. The van der Waals surface area contributed by atoms with Gasteiger partial charge in [0.15, 0.2) is 5.78 Å². The number of carbonyl (C=O) groups excluding carboxylic acids is 1. The van der Waals surface area contributed by atoms with E-state index >= 15 is 0 Å². The van der Waals surface area contributed by atoms with Crippen LogP contribution in [0.2, 0.25) is 0 Å². The first-order valence-corrected chi connectivity index (χ1v) is 7.06. The average Bonchev–Trinajstić information content (AvgIpc) is 2.48. The summed E-state index contributed by atoms with van der Waals surface area (Å²) in [5.41, 5.74) is 1.15. The van der Waals surface area contributed by atoms with Gasteiger partial charge in [-0.05, 0) is 49.4 Å². The van der Waals surface area contributed by atoms with Gasteiger partial charge in [0, 0.05) is 10.0 Å². The van der Waals surface area contributed by atoms with E-state index in [4.69, 9.17) is 9.47 Å². The molecule has 0 heterocycles. The molecule has 0 aliphatic rings. The average molecular weight is 335 g/mol. The predicted octanol–water partition coefficient (Wildman–Crippen LogP) is 4.09. The van der Waals surface area contributed by atoms with Crippen molar-refractivity contribution in [3.63, 3.8) is 0 Å². The van der Waals surface area contributed by atoms with E-state index in [9.17, 15) is 4.79 Å². The fourth-order valence-electron chi connectivity index (χ4n) is 1.86. The molecule has 0 radical (unpaired) electrons. The zero-order chi connectivity index (χ0) is 14.5. The largest absolute Gasteiger partial charge is 0.497 e. The Bertz CT molecular complexity index is 606. The van der Waals surface area contributed by atoms with Gasteiger partial charge in [-0.1, -0.05) is 15.9 Å². The standard InChI is InChI=1S/C16H15BrO3/c1-3-20-15-9-6-12(17)10-14(15)16(18)11-4-7-13(19-2)8-5-11/h4-10H,3H2,1-2H3. The minimum Gasteiger partial charge on any atom is -0.497 e. The van der Waals surface area contributed by atoms with Crippen LogP contribution in [0.15, 0.2) is 46.9 Å². The van der Waals surface area contributed by atoms with Crippen LogP contribution in [0.1, 0.15) is 22.8 Å². The first-order chi connectivity index (χ1) is 9.65. The van der Waals surface area contributed by atoms with Crippen LogP contribution in [0.3, 0.4) is 0 Å².